The molecule has 2 aliphatic rings. The number of hydrogen-bond acceptors (Lipinski definition) is 3. The number of carboxylic acids is 1. The van der Waals surface area contributed by atoms with Gasteiger partial charge in [-0.05, 0) is 37.5 Å². The Kier molecular flexibility index (Phi) is 2.47. The van der Waals surface area contributed by atoms with E-state index in [9.17, 15) is 4.79 Å². The zero-order valence-corrected chi connectivity index (χ0v) is 10.3. The number of ether oxygens (including phenoxy) is 2. The lowest BCUT2D eigenvalue weighted by Crippen LogP contribution is -2.34. The average molecular weight is 248 g/mol. The Morgan fingerprint density at radius 3 is 2.61 bits per heavy atom. The van der Waals surface area contributed by atoms with Crippen molar-refractivity contribution in [2.75, 3.05) is 0 Å². The van der Waals surface area contributed by atoms with Gasteiger partial charge in [-0.2, -0.15) is 0 Å². The van der Waals surface area contributed by atoms with Crippen LogP contribution in [0.2, 0.25) is 0 Å². The fraction of sp³-hybridized carbons (Fsp3) is 0.500. The van der Waals surface area contributed by atoms with Gasteiger partial charge >= 0.3 is 5.97 Å². The predicted octanol–water partition coefficient (Wildman–Crippen LogP) is 2.92. The summed E-state index contributed by atoms with van der Waals surface area (Å²) in [5, 5.41) is 9.02. The molecule has 0 amide bonds. The quantitative estimate of drug-likeness (QED) is 0.874. The predicted molar refractivity (Wildman–Crippen MR) is 64.9 cm³/mol. The summed E-state index contributed by atoms with van der Waals surface area (Å²) in [4.78, 5) is 11.0. The molecular weight excluding hydrogens is 232 g/mol. The van der Waals surface area contributed by atoms with Crippen LogP contribution in [-0.2, 0) is 4.79 Å². The summed E-state index contributed by atoms with van der Waals surface area (Å²) in [5.74, 6) is -0.419. The molecule has 1 unspecified atom stereocenters. The van der Waals surface area contributed by atoms with Crippen LogP contribution < -0.4 is 9.47 Å². The van der Waals surface area contributed by atoms with Gasteiger partial charge in [0.05, 0.1) is 5.92 Å². The molecule has 4 nitrogen and oxygen atoms in total. The summed E-state index contributed by atoms with van der Waals surface area (Å²) in [6.45, 7) is 1.67. The van der Waals surface area contributed by atoms with Crippen LogP contribution in [0.3, 0.4) is 0 Å². The van der Waals surface area contributed by atoms with Crippen molar-refractivity contribution in [2.45, 2.75) is 44.3 Å². The first-order chi connectivity index (χ1) is 8.60. The Morgan fingerprint density at radius 2 is 1.94 bits per heavy atom. The van der Waals surface area contributed by atoms with Crippen molar-refractivity contribution in [2.24, 2.45) is 0 Å². The molecular formula is C14H16O4. The highest BCUT2D eigenvalue weighted by molar-refractivity contribution is 5.76. The number of benzene rings is 1. The zero-order valence-electron chi connectivity index (χ0n) is 10.3. The van der Waals surface area contributed by atoms with Crippen molar-refractivity contribution >= 4 is 5.97 Å². The molecule has 0 saturated heterocycles. The van der Waals surface area contributed by atoms with Crippen molar-refractivity contribution in [3.05, 3.63) is 23.8 Å². The third-order valence-electron chi connectivity index (χ3n) is 3.80. The van der Waals surface area contributed by atoms with Gasteiger partial charge in [-0.25, -0.2) is 0 Å². The normalized spacial score (nSPS) is 21.2. The number of aliphatic carboxylic acids is 1. The van der Waals surface area contributed by atoms with Gasteiger partial charge in [-0.15, -0.1) is 0 Å². The molecule has 1 aliphatic heterocycles. The Morgan fingerprint density at radius 1 is 1.28 bits per heavy atom. The molecule has 1 spiro atoms. The van der Waals surface area contributed by atoms with E-state index in [2.05, 4.69) is 0 Å². The van der Waals surface area contributed by atoms with Gasteiger partial charge in [0.1, 0.15) is 0 Å². The van der Waals surface area contributed by atoms with Crippen LogP contribution in [0.15, 0.2) is 18.2 Å². The summed E-state index contributed by atoms with van der Waals surface area (Å²) in [6, 6.07) is 5.41. The third kappa shape index (κ3) is 1.72. The van der Waals surface area contributed by atoms with E-state index < -0.39 is 17.7 Å². The molecule has 96 valence electrons. The van der Waals surface area contributed by atoms with E-state index in [-0.39, 0.29) is 0 Å². The van der Waals surface area contributed by atoms with E-state index in [1.165, 1.54) is 0 Å². The summed E-state index contributed by atoms with van der Waals surface area (Å²) < 4.78 is 11.8. The maximum atomic E-state index is 11.0. The smallest absolute Gasteiger partial charge is 0.310 e. The van der Waals surface area contributed by atoms with Crippen LogP contribution in [0, 0.1) is 0 Å². The van der Waals surface area contributed by atoms with Gasteiger partial charge < -0.3 is 14.6 Å². The molecule has 1 heterocycles. The van der Waals surface area contributed by atoms with Crippen molar-refractivity contribution in [1.29, 1.82) is 0 Å². The first-order valence-electron chi connectivity index (χ1n) is 6.34. The molecule has 1 aromatic carbocycles. The van der Waals surface area contributed by atoms with Gasteiger partial charge in [0.25, 0.3) is 5.79 Å². The van der Waals surface area contributed by atoms with E-state index in [0.29, 0.717) is 5.75 Å². The summed E-state index contributed by atoms with van der Waals surface area (Å²) >= 11 is 0. The second-order valence-corrected chi connectivity index (χ2v) is 5.09. The monoisotopic (exact) mass is 248 g/mol. The van der Waals surface area contributed by atoms with Gasteiger partial charge in [0, 0.05) is 12.8 Å². The zero-order chi connectivity index (χ0) is 12.8. The first kappa shape index (κ1) is 11.4. The van der Waals surface area contributed by atoms with Crippen LogP contribution in [0.1, 0.15) is 44.1 Å². The first-order valence-corrected chi connectivity index (χ1v) is 6.34. The largest absolute Gasteiger partial charge is 0.481 e. The lowest BCUT2D eigenvalue weighted by molar-refractivity contribution is -0.138. The molecule has 0 aromatic heterocycles. The van der Waals surface area contributed by atoms with Crippen molar-refractivity contribution in [1.82, 2.24) is 0 Å². The summed E-state index contributed by atoms with van der Waals surface area (Å²) in [7, 11) is 0. The molecule has 1 fully saturated rings. The van der Waals surface area contributed by atoms with Gasteiger partial charge in [0.15, 0.2) is 11.5 Å². The lowest BCUT2D eigenvalue weighted by atomic mass is 10.0. The number of hydrogen-bond donors (Lipinski definition) is 1. The molecule has 1 atom stereocenters. The van der Waals surface area contributed by atoms with Crippen LogP contribution in [-0.4, -0.2) is 16.9 Å². The third-order valence-corrected chi connectivity index (χ3v) is 3.80. The Bertz CT molecular complexity index is 489. The van der Waals surface area contributed by atoms with E-state index in [4.69, 9.17) is 14.6 Å². The number of rotatable bonds is 2. The standard InChI is InChI=1S/C14H16O4/c1-9(13(15)16)10-4-5-11-12(8-10)18-14(17-11)6-2-3-7-14/h4-5,8-9H,2-3,6-7H2,1H3,(H,15,16). The topological polar surface area (TPSA) is 55.8 Å². The average Bonchev–Trinajstić information content (AvgIpc) is 2.93. The van der Waals surface area contributed by atoms with E-state index in [1.807, 2.05) is 6.07 Å². The maximum Gasteiger partial charge on any atom is 0.310 e. The molecule has 0 bridgehead atoms. The van der Waals surface area contributed by atoms with Crippen LogP contribution >= 0.6 is 0 Å². The molecule has 18 heavy (non-hydrogen) atoms. The highest BCUT2D eigenvalue weighted by Crippen LogP contribution is 2.47. The van der Waals surface area contributed by atoms with Crippen molar-refractivity contribution in [3.8, 4) is 11.5 Å². The van der Waals surface area contributed by atoms with Crippen LogP contribution in [0.25, 0.3) is 0 Å². The Labute approximate surface area is 106 Å². The van der Waals surface area contributed by atoms with E-state index in [1.54, 1.807) is 19.1 Å². The number of carbonyl (C=O) groups is 1. The second-order valence-electron chi connectivity index (χ2n) is 5.09. The van der Waals surface area contributed by atoms with E-state index >= 15 is 0 Å². The van der Waals surface area contributed by atoms with Crippen molar-refractivity contribution < 1.29 is 19.4 Å². The fourth-order valence-electron chi connectivity index (χ4n) is 2.64. The van der Waals surface area contributed by atoms with Crippen molar-refractivity contribution in [3.63, 3.8) is 0 Å². The molecule has 4 heteroatoms. The van der Waals surface area contributed by atoms with E-state index in [0.717, 1.165) is 37.0 Å². The molecule has 0 radical (unpaired) electrons. The Hall–Kier alpha value is -1.71. The molecule has 3 rings (SSSR count). The molecule has 1 saturated carbocycles. The number of carboxylic acid groups (broad SMARTS) is 1. The molecule has 1 N–H and O–H groups in total. The Balaban J connectivity index is 1.88. The maximum absolute atomic E-state index is 11.0. The second kappa shape index (κ2) is 3.90. The summed E-state index contributed by atoms with van der Waals surface area (Å²) in [6.07, 6.45) is 4.05. The molecule has 1 aromatic rings. The van der Waals surface area contributed by atoms with Crippen LogP contribution in [0.4, 0.5) is 0 Å². The van der Waals surface area contributed by atoms with Gasteiger partial charge in [-0.1, -0.05) is 6.07 Å². The minimum Gasteiger partial charge on any atom is -0.481 e. The highest BCUT2D eigenvalue weighted by atomic mass is 16.7. The lowest BCUT2D eigenvalue weighted by Gasteiger charge is -2.21. The SMILES string of the molecule is CC(C(=O)O)c1ccc2c(c1)OC1(CCCC1)O2. The number of fused-ring (bicyclic) bond motifs is 1. The highest BCUT2D eigenvalue weighted by Gasteiger charge is 2.44. The minimum absolute atomic E-state index is 0.479. The molecule has 1 aliphatic carbocycles. The minimum atomic E-state index is -0.829. The van der Waals surface area contributed by atoms with Gasteiger partial charge in [-0.3, -0.25) is 4.79 Å². The fourth-order valence-corrected chi connectivity index (χ4v) is 2.64. The van der Waals surface area contributed by atoms with Gasteiger partial charge in [0.2, 0.25) is 0 Å². The van der Waals surface area contributed by atoms with Crippen LogP contribution in [0.5, 0.6) is 11.5 Å². The summed E-state index contributed by atoms with van der Waals surface area (Å²) in [5.41, 5.74) is 0.750.